The summed E-state index contributed by atoms with van der Waals surface area (Å²) in [6.45, 7) is 3.82. The van der Waals surface area contributed by atoms with Gasteiger partial charge in [0.15, 0.2) is 0 Å². The van der Waals surface area contributed by atoms with Crippen molar-refractivity contribution in [2.45, 2.75) is 38.8 Å². The van der Waals surface area contributed by atoms with E-state index >= 15 is 0 Å². The van der Waals surface area contributed by atoms with Crippen molar-refractivity contribution in [2.75, 3.05) is 9.80 Å². The minimum absolute atomic E-state index is 0.0321. The normalized spacial score (nSPS) is 17.2. The maximum Gasteiger partial charge on any atom is 0.270 e. The van der Waals surface area contributed by atoms with E-state index in [1.807, 2.05) is 73.3 Å². The van der Waals surface area contributed by atoms with Gasteiger partial charge in [-0.3, -0.25) is 19.7 Å². The molecule has 0 unspecified atom stereocenters. The number of amides is 2. The third-order valence-electron chi connectivity index (χ3n) is 6.00. The molecule has 3 aromatic rings. The van der Waals surface area contributed by atoms with Crippen LogP contribution >= 0.6 is 0 Å². The van der Waals surface area contributed by atoms with Crippen molar-refractivity contribution in [3.05, 3.63) is 100 Å². The van der Waals surface area contributed by atoms with E-state index in [-0.39, 0.29) is 35.1 Å². The lowest BCUT2D eigenvalue weighted by Crippen LogP contribution is -2.47. The van der Waals surface area contributed by atoms with Crippen LogP contribution in [0.1, 0.15) is 48.7 Å². The topological polar surface area (TPSA) is 83.8 Å². The predicted octanol–water partition coefficient (Wildman–Crippen LogP) is 5.52. The Hall–Kier alpha value is -4.00. The number of nitrogens with zero attached hydrogens (tertiary/aromatic N) is 3. The van der Waals surface area contributed by atoms with Crippen molar-refractivity contribution >= 4 is 28.9 Å². The first kappa shape index (κ1) is 22.2. The van der Waals surface area contributed by atoms with E-state index in [4.69, 9.17) is 0 Å². The van der Waals surface area contributed by atoms with Crippen molar-refractivity contribution in [1.29, 1.82) is 0 Å². The summed E-state index contributed by atoms with van der Waals surface area (Å²) in [5, 5.41) is 11.3. The molecule has 2 amide bonds. The average molecular weight is 444 g/mol. The Balaban J connectivity index is 1.85. The molecular weight excluding hydrogens is 418 g/mol. The van der Waals surface area contributed by atoms with Gasteiger partial charge in [-0.2, -0.15) is 0 Å². The highest BCUT2D eigenvalue weighted by Gasteiger charge is 2.38. The first-order chi connectivity index (χ1) is 15.9. The number of benzene rings is 3. The van der Waals surface area contributed by atoms with Gasteiger partial charge in [0.25, 0.3) is 11.6 Å². The third kappa shape index (κ3) is 4.22. The van der Waals surface area contributed by atoms with Gasteiger partial charge >= 0.3 is 0 Å². The molecule has 0 N–H and O–H groups in total. The Labute approximate surface area is 192 Å². The van der Waals surface area contributed by atoms with E-state index in [0.29, 0.717) is 18.5 Å². The van der Waals surface area contributed by atoms with Gasteiger partial charge in [-0.15, -0.1) is 0 Å². The first-order valence-electron chi connectivity index (χ1n) is 11.0. The fourth-order valence-corrected chi connectivity index (χ4v) is 4.50. The number of hydrogen-bond donors (Lipinski definition) is 0. The van der Waals surface area contributed by atoms with Crippen LogP contribution in [0.15, 0.2) is 78.9 Å². The Morgan fingerprint density at radius 3 is 2.42 bits per heavy atom. The Morgan fingerprint density at radius 1 is 1.03 bits per heavy atom. The standard InChI is InChI=1S/C26H25N3O4/c1-3-25(30)27-18(2)16-24(22-14-7-8-15-23(22)27)28(20-11-5-4-6-12-20)26(31)19-10-9-13-21(17-19)29(32)33/h4-15,17-18,24H,3,16H2,1-2H3/t18-,24+/m0/s1. The molecule has 1 aliphatic heterocycles. The summed E-state index contributed by atoms with van der Waals surface area (Å²) in [5.41, 5.74) is 2.47. The molecule has 0 saturated carbocycles. The number of carbonyl (C=O) groups is 2. The molecule has 3 aromatic carbocycles. The van der Waals surface area contributed by atoms with Crippen molar-refractivity contribution < 1.29 is 14.5 Å². The van der Waals surface area contributed by atoms with Crippen LogP contribution in [-0.2, 0) is 4.79 Å². The number of non-ortho nitro benzene ring substituents is 1. The van der Waals surface area contributed by atoms with Crippen LogP contribution in [0.3, 0.4) is 0 Å². The van der Waals surface area contributed by atoms with Crippen LogP contribution in [0.4, 0.5) is 17.1 Å². The van der Waals surface area contributed by atoms with Crippen LogP contribution in [0.25, 0.3) is 0 Å². The van der Waals surface area contributed by atoms with Gasteiger partial charge in [-0.05, 0) is 43.2 Å². The number of rotatable bonds is 5. The number of hydrogen-bond acceptors (Lipinski definition) is 4. The zero-order chi connectivity index (χ0) is 23.5. The summed E-state index contributed by atoms with van der Waals surface area (Å²) < 4.78 is 0. The molecule has 0 fully saturated rings. The molecule has 4 rings (SSSR count). The van der Waals surface area contributed by atoms with Crippen LogP contribution in [-0.4, -0.2) is 22.8 Å². The fourth-order valence-electron chi connectivity index (χ4n) is 4.50. The second-order valence-corrected chi connectivity index (χ2v) is 8.09. The maximum atomic E-state index is 13.8. The molecule has 0 bridgehead atoms. The molecule has 0 aromatic heterocycles. The van der Waals surface area contributed by atoms with Gasteiger partial charge in [0.2, 0.25) is 5.91 Å². The Bertz CT molecular complexity index is 1190. The van der Waals surface area contributed by atoms with E-state index < -0.39 is 4.92 Å². The number of anilines is 2. The van der Waals surface area contributed by atoms with E-state index in [1.54, 1.807) is 11.0 Å². The third-order valence-corrected chi connectivity index (χ3v) is 6.00. The molecule has 33 heavy (non-hydrogen) atoms. The molecule has 0 spiro atoms. The number of fused-ring (bicyclic) bond motifs is 1. The monoisotopic (exact) mass is 443 g/mol. The van der Waals surface area contributed by atoms with Crippen molar-refractivity contribution in [1.82, 2.24) is 0 Å². The van der Waals surface area contributed by atoms with E-state index in [2.05, 4.69) is 0 Å². The summed E-state index contributed by atoms with van der Waals surface area (Å²) in [4.78, 5) is 40.9. The van der Waals surface area contributed by atoms with Gasteiger partial charge in [0.05, 0.1) is 11.0 Å². The van der Waals surface area contributed by atoms with Gasteiger partial charge < -0.3 is 9.80 Å². The smallest absolute Gasteiger partial charge is 0.270 e. The summed E-state index contributed by atoms with van der Waals surface area (Å²) in [7, 11) is 0. The molecule has 2 atom stereocenters. The molecule has 0 radical (unpaired) electrons. The number of carbonyl (C=O) groups excluding carboxylic acids is 2. The van der Waals surface area contributed by atoms with Crippen LogP contribution < -0.4 is 9.80 Å². The van der Waals surface area contributed by atoms with E-state index in [9.17, 15) is 19.7 Å². The molecule has 0 saturated heterocycles. The second-order valence-electron chi connectivity index (χ2n) is 8.09. The lowest BCUT2D eigenvalue weighted by Gasteiger charge is -2.43. The molecular formula is C26H25N3O4. The van der Waals surface area contributed by atoms with Gasteiger partial charge in [-0.25, -0.2) is 0 Å². The van der Waals surface area contributed by atoms with Crippen molar-refractivity contribution in [3.63, 3.8) is 0 Å². The summed E-state index contributed by atoms with van der Waals surface area (Å²) >= 11 is 0. The second kappa shape index (κ2) is 9.24. The molecule has 168 valence electrons. The maximum absolute atomic E-state index is 13.8. The Morgan fingerprint density at radius 2 is 1.73 bits per heavy atom. The summed E-state index contributed by atoms with van der Waals surface area (Å²) in [6, 6.07) is 22.3. The minimum atomic E-state index is -0.504. The van der Waals surface area contributed by atoms with Crippen LogP contribution in [0.5, 0.6) is 0 Å². The Kier molecular flexibility index (Phi) is 6.22. The van der Waals surface area contributed by atoms with Crippen molar-refractivity contribution in [2.24, 2.45) is 0 Å². The predicted molar refractivity (Wildman–Crippen MR) is 127 cm³/mol. The minimum Gasteiger partial charge on any atom is -0.309 e. The molecule has 0 aliphatic carbocycles. The van der Waals surface area contributed by atoms with E-state index in [0.717, 1.165) is 11.3 Å². The SMILES string of the molecule is CCC(=O)N1c2ccccc2[C@H](N(C(=O)c2cccc([N+](=O)[O-])c2)c2ccccc2)C[C@@H]1C. The summed E-state index contributed by atoms with van der Waals surface area (Å²) in [6.07, 6.45) is 0.927. The zero-order valence-electron chi connectivity index (χ0n) is 18.5. The summed E-state index contributed by atoms with van der Waals surface area (Å²) in [5.74, 6) is -0.295. The van der Waals surface area contributed by atoms with Gasteiger partial charge in [0, 0.05) is 41.5 Å². The zero-order valence-corrected chi connectivity index (χ0v) is 18.5. The number of nitro groups is 1. The van der Waals surface area contributed by atoms with Crippen molar-refractivity contribution in [3.8, 4) is 0 Å². The first-order valence-corrected chi connectivity index (χ1v) is 11.0. The largest absolute Gasteiger partial charge is 0.309 e. The molecule has 1 heterocycles. The lowest BCUT2D eigenvalue weighted by atomic mass is 9.89. The number of para-hydroxylation sites is 2. The quantitative estimate of drug-likeness (QED) is 0.384. The molecule has 7 heteroatoms. The fraction of sp³-hybridized carbons (Fsp3) is 0.231. The van der Waals surface area contributed by atoms with Crippen LogP contribution in [0.2, 0.25) is 0 Å². The molecule has 7 nitrogen and oxygen atoms in total. The highest BCUT2D eigenvalue weighted by Crippen LogP contribution is 2.43. The molecule has 1 aliphatic rings. The average Bonchev–Trinajstić information content (AvgIpc) is 2.84. The van der Waals surface area contributed by atoms with Crippen LogP contribution in [0, 0.1) is 10.1 Å². The highest BCUT2D eigenvalue weighted by atomic mass is 16.6. The van der Waals surface area contributed by atoms with Gasteiger partial charge in [-0.1, -0.05) is 49.4 Å². The van der Waals surface area contributed by atoms with E-state index in [1.165, 1.54) is 18.2 Å². The van der Waals surface area contributed by atoms with Gasteiger partial charge in [0.1, 0.15) is 0 Å². The number of nitro benzene ring substituents is 1. The highest BCUT2D eigenvalue weighted by molar-refractivity contribution is 6.07. The lowest BCUT2D eigenvalue weighted by molar-refractivity contribution is -0.384.